The van der Waals surface area contributed by atoms with Crippen molar-refractivity contribution in [2.24, 2.45) is 5.92 Å². The van der Waals surface area contributed by atoms with Crippen LogP contribution in [0.4, 0.5) is 0 Å². The highest BCUT2D eigenvalue weighted by Crippen LogP contribution is 2.37. The van der Waals surface area contributed by atoms with Crippen LogP contribution in [0.1, 0.15) is 24.8 Å². The molecular weight excluding hydrogens is 334 g/mol. The molecule has 2 saturated heterocycles. The lowest BCUT2D eigenvalue weighted by molar-refractivity contribution is -0.145. The molecule has 1 aromatic heterocycles. The third kappa shape index (κ3) is 2.73. The highest BCUT2D eigenvalue weighted by Gasteiger charge is 2.51. The smallest absolute Gasteiger partial charge is 0.309 e. The van der Waals surface area contributed by atoms with Gasteiger partial charge < -0.3 is 20.3 Å². The minimum absolute atomic E-state index is 0.0264. The van der Waals surface area contributed by atoms with Crippen LogP contribution in [0.5, 0.6) is 0 Å². The van der Waals surface area contributed by atoms with Gasteiger partial charge in [-0.2, -0.15) is 0 Å². The van der Waals surface area contributed by atoms with E-state index in [4.69, 9.17) is 0 Å². The number of carboxylic acid groups (broad SMARTS) is 1. The first-order valence-electron chi connectivity index (χ1n) is 8.85. The molecule has 2 aliphatic heterocycles. The van der Waals surface area contributed by atoms with Crippen LogP contribution < -0.4 is 5.32 Å². The second-order valence-corrected chi connectivity index (χ2v) is 7.22. The van der Waals surface area contributed by atoms with Crippen molar-refractivity contribution in [3.05, 3.63) is 36.0 Å². The summed E-state index contributed by atoms with van der Waals surface area (Å²) in [7, 11) is 0. The van der Waals surface area contributed by atoms with Gasteiger partial charge in [-0.25, -0.2) is 0 Å². The van der Waals surface area contributed by atoms with E-state index in [-0.39, 0.29) is 18.2 Å². The predicted octanol–water partition coefficient (Wildman–Crippen LogP) is 1.29. The van der Waals surface area contributed by atoms with E-state index < -0.39 is 17.4 Å². The molecule has 1 aromatic carbocycles. The number of carbonyl (C=O) groups excluding carboxylic acids is 2. The van der Waals surface area contributed by atoms with Crippen molar-refractivity contribution in [2.75, 3.05) is 13.1 Å². The second kappa shape index (κ2) is 6.16. The average molecular weight is 355 g/mol. The number of hydrogen-bond acceptors (Lipinski definition) is 3. The largest absolute Gasteiger partial charge is 0.481 e. The number of fused-ring (bicyclic) bond motifs is 1. The van der Waals surface area contributed by atoms with Crippen molar-refractivity contribution >= 4 is 28.7 Å². The molecule has 1 unspecified atom stereocenters. The molecule has 4 rings (SSSR count). The number of piperidine rings is 1. The number of likely N-dealkylation sites (tertiary alicyclic amines) is 1. The molecular formula is C19H21N3O4. The van der Waals surface area contributed by atoms with Gasteiger partial charge in [0.05, 0.1) is 17.9 Å². The van der Waals surface area contributed by atoms with Gasteiger partial charge in [-0.3, -0.25) is 14.4 Å². The minimum atomic E-state index is -0.943. The van der Waals surface area contributed by atoms with E-state index in [9.17, 15) is 19.5 Å². The number of benzene rings is 1. The molecule has 2 aliphatic rings. The van der Waals surface area contributed by atoms with Crippen molar-refractivity contribution in [3.8, 4) is 0 Å². The lowest BCUT2D eigenvalue weighted by Crippen LogP contribution is -2.56. The minimum Gasteiger partial charge on any atom is -0.481 e. The van der Waals surface area contributed by atoms with Crippen LogP contribution >= 0.6 is 0 Å². The van der Waals surface area contributed by atoms with Gasteiger partial charge >= 0.3 is 5.97 Å². The second-order valence-electron chi connectivity index (χ2n) is 7.22. The Balaban J connectivity index is 1.44. The molecule has 3 heterocycles. The maximum atomic E-state index is 12.7. The van der Waals surface area contributed by atoms with Crippen LogP contribution in [-0.2, 0) is 20.8 Å². The van der Waals surface area contributed by atoms with Gasteiger partial charge in [0.2, 0.25) is 11.8 Å². The maximum absolute atomic E-state index is 12.7. The lowest BCUT2D eigenvalue weighted by Gasteiger charge is -2.41. The van der Waals surface area contributed by atoms with Crippen molar-refractivity contribution in [2.45, 2.75) is 31.2 Å². The van der Waals surface area contributed by atoms with Crippen molar-refractivity contribution in [3.63, 3.8) is 0 Å². The number of hydrogen-bond donors (Lipinski definition) is 3. The Morgan fingerprint density at radius 1 is 1.23 bits per heavy atom. The molecule has 2 amide bonds. The number of para-hydroxylation sites is 1. The molecule has 0 bridgehead atoms. The van der Waals surface area contributed by atoms with E-state index in [2.05, 4.69) is 10.3 Å². The highest BCUT2D eigenvalue weighted by molar-refractivity contribution is 5.90. The van der Waals surface area contributed by atoms with Gasteiger partial charge in [0.25, 0.3) is 0 Å². The fourth-order valence-electron chi connectivity index (χ4n) is 4.30. The summed E-state index contributed by atoms with van der Waals surface area (Å²) in [6.45, 7) is 0.927. The molecule has 1 spiro atoms. The van der Waals surface area contributed by atoms with E-state index in [0.717, 1.165) is 16.5 Å². The quantitative estimate of drug-likeness (QED) is 0.772. The molecule has 26 heavy (non-hydrogen) atoms. The number of nitrogens with one attached hydrogen (secondary N) is 2. The normalized spacial score (nSPS) is 21.9. The molecule has 7 heteroatoms. The zero-order chi connectivity index (χ0) is 18.3. The maximum Gasteiger partial charge on any atom is 0.309 e. The van der Waals surface area contributed by atoms with Gasteiger partial charge in [-0.15, -0.1) is 0 Å². The summed E-state index contributed by atoms with van der Waals surface area (Å²) in [6, 6.07) is 7.86. The zero-order valence-corrected chi connectivity index (χ0v) is 14.3. The summed E-state index contributed by atoms with van der Waals surface area (Å²) in [4.78, 5) is 40.9. The topological polar surface area (TPSA) is 102 Å². The lowest BCUT2D eigenvalue weighted by atomic mass is 9.77. The molecule has 0 saturated carbocycles. The number of H-pyrrole nitrogens is 1. The summed E-state index contributed by atoms with van der Waals surface area (Å²) in [5, 5.41) is 13.3. The standard InChI is InChI=1S/C19H21N3O4/c23-16-10-14(18(25)26)19(21-16)5-7-22(8-6-19)17(24)9-12-11-20-15-4-2-1-3-13(12)15/h1-4,11,14,20H,5-10H2,(H,21,23)(H,25,26). The number of aliphatic carboxylic acids is 1. The summed E-state index contributed by atoms with van der Waals surface area (Å²) in [5.41, 5.74) is 1.26. The van der Waals surface area contributed by atoms with Crippen LogP contribution in [-0.4, -0.2) is 51.4 Å². The van der Waals surface area contributed by atoms with E-state index >= 15 is 0 Å². The molecule has 0 radical (unpaired) electrons. The van der Waals surface area contributed by atoms with Crippen LogP contribution in [0, 0.1) is 5.92 Å². The molecule has 1 atom stereocenters. The van der Waals surface area contributed by atoms with Gasteiger partial charge in [0.15, 0.2) is 0 Å². The molecule has 2 aromatic rings. The average Bonchev–Trinajstić information content (AvgIpc) is 3.17. The molecule has 0 aliphatic carbocycles. The number of nitrogens with zero attached hydrogens (tertiary/aromatic N) is 1. The number of amides is 2. The van der Waals surface area contributed by atoms with Crippen LogP contribution in [0.25, 0.3) is 10.9 Å². The number of carboxylic acids is 1. The third-order valence-corrected chi connectivity index (χ3v) is 5.77. The highest BCUT2D eigenvalue weighted by atomic mass is 16.4. The molecule has 2 fully saturated rings. The summed E-state index contributed by atoms with van der Waals surface area (Å²) < 4.78 is 0. The van der Waals surface area contributed by atoms with Gasteiger partial charge in [0.1, 0.15) is 0 Å². The van der Waals surface area contributed by atoms with Crippen LogP contribution in [0.3, 0.4) is 0 Å². The fraction of sp³-hybridized carbons (Fsp3) is 0.421. The predicted molar refractivity (Wildman–Crippen MR) is 94.4 cm³/mol. The number of rotatable bonds is 3. The van der Waals surface area contributed by atoms with Gasteiger partial charge in [0, 0.05) is 36.6 Å². The van der Waals surface area contributed by atoms with E-state index in [0.29, 0.717) is 32.4 Å². The van der Waals surface area contributed by atoms with Crippen LogP contribution in [0.2, 0.25) is 0 Å². The molecule has 136 valence electrons. The SMILES string of the molecule is O=C1CC(C(=O)O)C2(CCN(C(=O)Cc3c[nH]c4ccccc34)CC2)N1. The molecule has 3 N–H and O–H groups in total. The number of aromatic amines is 1. The van der Waals surface area contributed by atoms with Crippen molar-refractivity contribution < 1.29 is 19.5 Å². The van der Waals surface area contributed by atoms with Crippen molar-refractivity contribution in [1.82, 2.24) is 15.2 Å². The first-order chi connectivity index (χ1) is 12.5. The van der Waals surface area contributed by atoms with Crippen LogP contribution in [0.15, 0.2) is 30.5 Å². The Morgan fingerprint density at radius 2 is 1.96 bits per heavy atom. The Morgan fingerprint density at radius 3 is 2.69 bits per heavy atom. The van der Waals surface area contributed by atoms with Gasteiger partial charge in [-0.05, 0) is 24.5 Å². The third-order valence-electron chi connectivity index (χ3n) is 5.77. The van der Waals surface area contributed by atoms with E-state index in [1.54, 1.807) is 4.90 Å². The monoisotopic (exact) mass is 355 g/mol. The number of carbonyl (C=O) groups is 3. The Bertz CT molecular complexity index is 880. The summed E-state index contributed by atoms with van der Waals surface area (Å²) >= 11 is 0. The fourth-order valence-corrected chi connectivity index (χ4v) is 4.30. The van der Waals surface area contributed by atoms with Crippen molar-refractivity contribution in [1.29, 1.82) is 0 Å². The summed E-state index contributed by atoms with van der Waals surface area (Å²) in [5.74, 6) is -1.83. The zero-order valence-electron chi connectivity index (χ0n) is 14.3. The Hall–Kier alpha value is -2.83. The Kier molecular flexibility index (Phi) is 3.94. The number of aromatic nitrogens is 1. The first-order valence-corrected chi connectivity index (χ1v) is 8.85. The molecule has 7 nitrogen and oxygen atoms in total. The Labute approximate surface area is 150 Å². The summed E-state index contributed by atoms with van der Waals surface area (Å²) in [6.07, 6.45) is 3.17. The van der Waals surface area contributed by atoms with E-state index in [1.165, 1.54) is 0 Å². The van der Waals surface area contributed by atoms with E-state index in [1.807, 2.05) is 30.5 Å². The first kappa shape index (κ1) is 16.6. The van der Waals surface area contributed by atoms with Gasteiger partial charge in [-0.1, -0.05) is 18.2 Å².